The monoisotopic (exact) mass is 343 g/mol. The van der Waals surface area contributed by atoms with Gasteiger partial charge in [-0.15, -0.1) is 0 Å². The predicted octanol–water partition coefficient (Wildman–Crippen LogP) is 2.84. The summed E-state index contributed by atoms with van der Waals surface area (Å²) in [6.07, 6.45) is 0.594. The Labute approximate surface area is 147 Å². The molecule has 2 aromatic rings. The molecule has 134 valence electrons. The smallest absolute Gasteiger partial charge is 0.252 e. The minimum atomic E-state index is -0.705. The summed E-state index contributed by atoms with van der Waals surface area (Å²) in [5, 5.41) is 24.2. The third kappa shape index (κ3) is 2.77. The molecule has 5 nitrogen and oxygen atoms in total. The number of aromatic hydroxyl groups is 1. The molecule has 1 aliphatic carbocycles. The Hall–Kier alpha value is -2.11. The number of hydrogen-bond donors (Lipinski definition) is 3. The van der Waals surface area contributed by atoms with Crippen LogP contribution in [0.4, 0.5) is 0 Å². The number of ether oxygens (including phenoxy) is 1. The fourth-order valence-electron chi connectivity index (χ4n) is 3.75. The zero-order chi connectivity index (χ0) is 18.2. The number of fused-ring (bicyclic) bond motifs is 1. The summed E-state index contributed by atoms with van der Waals surface area (Å²) in [7, 11) is 0. The summed E-state index contributed by atoms with van der Waals surface area (Å²) < 4.78 is 5.73. The molecule has 0 saturated heterocycles. The highest BCUT2D eigenvalue weighted by molar-refractivity contribution is 6.07. The van der Waals surface area contributed by atoms with Gasteiger partial charge >= 0.3 is 0 Å². The van der Waals surface area contributed by atoms with Gasteiger partial charge in [0.2, 0.25) is 0 Å². The number of rotatable bonds is 5. The Kier molecular flexibility index (Phi) is 4.47. The van der Waals surface area contributed by atoms with Crippen molar-refractivity contribution in [2.45, 2.75) is 38.8 Å². The number of aliphatic hydroxyl groups excluding tert-OH is 1. The molecule has 0 heterocycles. The second-order valence-electron chi connectivity index (χ2n) is 7.28. The first-order chi connectivity index (χ1) is 11.8. The van der Waals surface area contributed by atoms with Crippen LogP contribution < -0.4 is 5.32 Å². The number of nitrogens with one attached hydrogen (secondary N) is 1. The fraction of sp³-hybridized carbons (Fsp3) is 0.450. The molecule has 1 saturated carbocycles. The molecule has 2 unspecified atom stereocenters. The standard InChI is InChI=1S/C20H25NO4/c1-4-25-17-11-20(12-22,19(17,2)3)21-18(24)16-7-5-6-13-10-14(23)8-9-15(13)16/h5-10,17,22-23H,4,11-12H2,1-3H3,(H,21,24). The highest BCUT2D eigenvalue weighted by atomic mass is 16.5. The topological polar surface area (TPSA) is 78.8 Å². The Morgan fingerprint density at radius 1 is 1.32 bits per heavy atom. The van der Waals surface area contributed by atoms with Gasteiger partial charge < -0.3 is 20.3 Å². The van der Waals surface area contributed by atoms with Crippen LogP contribution in [0.1, 0.15) is 37.6 Å². The van der Waals surface area contributed by atoms with Gasteiger partial charge in [-0.2, -0.15) is 0 Å². The molecule has 1 fully saturated rings. The van der Waals surface area contributed by atoms with Gasteiger partial charge in [-0.3, -0.25) is 4.79 Å². The molecule has 0 bridgehead atoms. The average molecular weight is 343 g/mol. The van der Waals surface area contributed by atoms with E-state index in [0.29, 0.717) is 18.6 Å². The number of hydrogen-bond acceptors (Lipinski definition) is 4. The molecule has 5 heteroatoms. The fourth-order valence-corrected chi connectivity index (χ4v) is 3.75. The second-order valence-corrected chi connectivity index (χ2v) is 7.28. The first kappa shape index (κ1) is 17.7. The van der Waals surface area contributed by atoms with E-state index < -0.39 is 5.54 Å². The predicted molar refractivity (Wildman–Crippen MR) is 96.7 cm³/mol. The van der Waals surface area contributed by atoms with E-state index in [1.165, 1.54) is 0 Å². The van der Waals surface area contributed by atoms with Gasteiger partial charge in [0.25, 0.3) is 5.91 Å². The van der Waals surface area contributed by atoms with Gasteiger partial charge in [0.05, 0.1) is 18.2 Å². The summed E-state index contributed by atoms with van der Waals surface area (Å²) in [5.74, 6) is -0.0649. The molecule has 25 heavy (non-hydrogen) atoms. The maximum Gasteiger partial charge on any atom is 0.252 e. The molecule has 0 spiro atoms. The van der Waals surface area contributed by atoms with E-state index in [2.05, 4.69) is 5.32 Å². The Morgan fingerprint density at radius 2 is 2.08 bits per heavy atom. The summed E-state index contributed by atoms with van der Waals surface area (Å²) in [6, 6.07) is 10.3. The maximum absolute atomic E-state index is 12.9. The van der Waals surface area contributed by atoms with E-state index in [4.69, 9.17) is 4.74 Å². The highest BCUT2D eigenvalue weighted by Gasteiger charge is 2.61. The molecule has 1 aliphatic rings. The zero-order valence-corrected chi connectivity index (χ0v) is 14.9. The number of carbonyl (C=O) groups excluding carboxylic acids is 1. The first-order valence-corrected chi connectivity index (χ1v) is 8.61. The third-order valence-electron chi connectivity index (χ3n) is 5.67. The SMILES string of the molecule is CCOC1CC(CO)(NC(=O)c2cccc3cc(O)ccc23)C1(C)C. The highest BCUT2D eigenvalue weighted by Crippen LogP contribution is 2.51. The van der Waals surface area contributed by atoms with E-state index in [1.807, 2.05) is 26.8 Å². The van der Waals surface area contributed by atoms with Crippen molar-refractivity contribution >= 4 is 16.7 Å². The molecule has 0 aliphatic heterocycles. The lowest BCUT2D eigenvalue weighted by molar-refractivity contribution is -0.172. The number of carbonyl (C=O) groups is 1. The van der Waals surface area contributed by atoms with Crippen LogP contribution in [0, 0.1) is 5.41 Å². The summed E-state index contributed by atoms with van der Waals surface area (Å²) >= 11 is 0. The Bertz CT molecular complexity index is 801. The normalized spacial score (nSPS) is 24.7. The largest absolute Gasteiger partial charge is 0.508 e. The van der Waals surface area contributed by atoms with Gasteiger partial charge in [-0.05, 0) is 42.0 Å². The molecule has 2 atom stereocenters. The minimum absolute atomic E-state index is 0.00872. The lowest BCUT2D eigenvalue weighted by Crippen LogP contribution is -2.74. The molecular weight excluding hydrogens is 318 g/mol. The molecular formula is C20H25NO4. The van der Waals surface area contributed by atoms with Gasteiger partial charge in [0.15, 0.2) is 0 Å². The number of phenolic OH excluding ortho intramolecular Hbond substituents is 1. The van der Waals surface area contributed by atoms with E-state index in [-0.39, 0.29) is 29.8 Å². The first-order valence-electron chi connectivity index (χ1n) is 8.61. The quantitative estimate of drug-likeness (QED) is 0.780. The number of phenols is 1. The summed E-state index contributed by atoms with van der Waals surface area (Å²) in [4.78, 5) is 12.9. The molecule has 3 N–H and O–H groups in total. The van der Waals surface area contributed by atoms with Crippen molar-refractivity contribution < 1.29 is 19.7 Å². The third-order valence-corrected chi connectivity index (χ3v) is 5.67. The lowest BCUT2D eigenvalue weighted by Gasteiger charge is -2.60. The number of benzene rings is 2. The second kappa shape index (κ2) is 6.32. The van der Waals surface area contributed by atoms with E-state index >= 15 is 0 Å². The van der Waals surface area contributed by atoms with Crippen molar-refractivity contribution in [2.75, 3.05) is 13.2 Å². The van der Waals surface area contributed by atoms with E-state index in [9.17, 15) is 15.0 Å². The number of aliphatic hydroxyl groups is 1. The van der Waals surface area contributed by atoms with Crippen LogP contribution in [-0.2, 0) is 4.74 Å². The van der Waals surface area contributed by atoms with Crippen LogP contribution in [-0.4, -0.2) is 41.0 Å². The Balaban J connectivity index is 1.90. The van der Waals surface area contributed by atoms with Crippen molar-refractivity contribution in [1.82, 2.24) is 5.32 Å². The Morgan fingerprint density at radius 3 is 2.72 bits per heavy atom. The van der Waals surface area contributed by atoms with Crippen LogP contribution in [0.25, 0.3) is 10.8 Å². The molecule has 2 aromatic carbocycles. The van der Waals surface area contributed by atoms with Crippen LogP contribution in [0.15, 0.2) is 36.4 Å². The van der Waals surface area contributed by atoms with Gasteiger partial charge in [-0.1, -0.05) is 26.0 Å². The molecule has 3 rings (SSSR count). The minimum Gasteiger partial charge on any atom is -0.508 e. The lowest BCUT2D eigenvalue weighted by atomic mass is 9.54. The number of amides is 1. The van der Waals surface area contributed by atoms with Crippen LogP contribution >= 0.6 is 0 Å². The van der Waals surface area contributed by atoms with E-state index in [1.54, 1.807) is 30.3 Å². The van der Waals surface area contributed by atoms with Crippen molar-refractivity contribution in [3.05, 3.63) is 42.0 Å². The van der Waals surface area contributed by atoms with Gasteiger partial charge in [0, 0.05) is 24.0 Å². The van der Waals surface area contributed by atoms with Gasteiger partial charge in [0.1, 0.15) is 5.75 Å². The van der Waals surface area contributed by atoms with Crippen molar-refractivity contribution in [3.63, 3.8) is 0 Å². The van der Waals surface area contributed by atoms with Crippen LogP contribution in [0.3, 0.4) is 0 Å². The van der Waals surface area contributed by atoms with Crippen molar-refractivity contribution in [1.29, 1.82) is 0 Å². The van der Waals surface area contributed by atoms with E-state index in [0.717, 1.165) is 10.8 Å². The molecule has 0 radical (unpaired) electrons. The average Bonchev–Trinajstić information content (AvgIpc) is 2.59. The summed E-state index contributed by atoms with van der Waals surface area (Å²) in [5.41, 5.74) is -0.541. The van der Waals surface area contributed by atoms with Crippen molar-refractivity contribution in [2.24, 2.45) is 5.41 Å². The summed E-state index contributed by atoms with van der Waals surface area (Å²) in [6.45, 7) is 6.43. The van der Waals surface area contributed by atoms with Crippen LogP contribution in [0.5, 0.6) is 5.75 Å². The molecule has 0 aromatic heterocycles. The zero-order valence-electron chi connectivity index (χ0n) is 14.9. The van der Waals surface area contributed by atoms with Crippen molar-refractivity contribution in [3.8, 4) is 5.75 Å². The van der Waals surface area contributed by atoms with Gasteiger partial charge in [-0.25, -0.2) is 0 Å². The van der Waals surface area contributed by atoms with Crippen LogP contribution in [0.2, 0.25) is 0 Å². The maximum atomic E-state index is 12.9. The molecule has 1 amide bonds.